The van der Waals surface area contributed by atoms with E-state index in [0.717, 1.165) is 5.56 Å². The molecular formula is C34H45N5O9S. The van der Waals surface area contributed by atoms with Crippen molar-refractivity contribution in [2.45, 2.75) is 74.9 Å². The number of amides is 4. The summed E-state index contributed by atoms with van der Waals surface area (Å²) in [7, 11) is -3.62. The Morgan fingerprint density at radius 3 is 2.08 bits per heavy atom. The highest BCUT2D eigenvalue weighted by molar-refractivity contribution is 7.89. The second-order valence-corrected chi connectivity index (χ2v) is 14.9. The topological polar surface area (TPSA) is 181 Å². The molecule has 2 aromatic rings. The summed E-state index contributed by atoms with van der Waals surface area (Å²) in [5.41, 5.74) is -0.705. The number of carbonyl (C=O) groups excluding carboxylic acids is 4. The number of ether oxygens (including phenoxy) is 3. The number of nitrogens with zero attached hydrogens (tertiary/aromatic N) is 1. The van der Waals surface area contributed by atoms with Crippen LogP contribution >= 0.6 is 0 Å². The maximum Gasteiger partial charge on any atom is 0.264 e. The number of nitrogens with one attached hydrogen (secondary N) is 4. The first-order valence-corrected chi connectivity index (χ1v) is 18.2. The van der Waals surface area contributed by atoms with Gasteiger partial charge >= 0.3 is 0 Å². The molecule has 266 valence electrons. The van der Waals surface area contributed by atoms with E-state index in [0.29, 0.717) is 37.6 Å². The number of fused-ring (bicyclic) bond motifs is 15. The van der Waals surface area contributed by atoms with E-state index >= 15 is 0 Å². The Labute approximate surface area is 286 Å². The highest BCUT2D eigenvalue weighted by Gasteiger charge is 2.48. The first-order chi connectivity index (χ1) is 23.5. The van der Waals surface area contributed by atoms with Gasteiger partial charge in [0.25, 0.3) is 5.91 Å². The smallest absolute Gasteiger partial charge is 0.264 e. The van der Waals surface area contributed by atoms with Crippen LogP contribution in [-0.2, 0) is 40.4 Å². The van der Waals surface area contributed by atoms with Crippen LogP contribution in [0.5, 0.6) is 11.5 Å². The summed E-state index contributed by atoms with van der Waals surface area (Å²) in [6.45, 7) is 4.25. The zero-order valence-corrected chi connectivity index (χ0v) is 28.6. The van der Waals surface area contributed by atoms with E-state index in [-0.39, 0.29) is 45.5 Å². The van der Waals surface area contributed by atoms with Gasteiger partial charge in [-0.25, -0.2) is 12.7 Å². The molecule has 2 aromatic carbocycles. The number of sulfonamides is 1. The maximum atomic E-state index is 14.1. The fraction of sp³-hybridized carbons (Fsp3) is 0.529. The van der Waals surface area contributed by atoms with Gasteiger partial charge in [-0.05, 0) is 56.5 Å². The fourth-order valence-corrected chi connectivity index (χ4v) is 8.02. The molecule has 4 heterocycles. The van der Waals surface area contributed by atoms with Gasteiger partial charge in [0.15, 0.2) is 5.60 Å². The largest absolute Gasteiger partial charge is 0.492 e. The van der Waals surface area contributed by atoms with Gasteiger partial charge in [0.1, 0.15) is 36.2 Å². The molecule has 15 heteroatoms. The summed E-state index contributed by atoms with van der Waals surface area (Å²) in [6.07, 6.45) is 1.06. The zero-order valence-electron chi connectivity index (χ0n) is 27.8. The number of rotatable bonds is 4. The molecule has 6 rings (SSSR count). The first kappa shape index (κ1) is 36.1. The van der Waals surface area contributed by atoms with Gasteiger partial charge in [0.2, 0.25) is 27.7 Å². The van der Waals surface area contributed by atoms with E-state index in [2.05, 4.69) is 21.3 Å². The molecule has 3 atom stereocenters. The number of hydrogen-bond acceptors (Lipinski definition) is 9. The lowest BCUT2D eigenvalue weighted by atomic mass is 9.90. The van der Waals surface area contributed by atoms with Crippen LogP contribution in [0.4, 0.5) is 0 Å². The Morgan fingerprint density at radius 1 is 0.776 bits per heavy atom. The molecule has 2 fully saturated rings. The van der Waals surface area contributed by atoms with E-state index in [1.807, 2.05) is 30.3 Å². The molecule has 4 amide bonds. The van der Waals surface area contributed by atoms with Crippen LogP contribution in [0.25, 0.3) is 0 Å². The molecule has 0 aliphatic carbocycles. The minimum Gasteiger partial charge on any atom is -0.492 e. The Morgan fingerprint density at radius 2 is 1.41 bits per heavy atom. The average Bonchev–Trinajstić information content (AvgIpc) is 3.11. The Hall–Kier alpha value is -4.21. The number of piperidine rings is 1. The molecule has 0 radical (unpaired) electrons. The average molecular weight is 700 g/mol. The minimum atomic E-state index is -3.62. The standard InChI is InChI=1S/C34H45N5O9S/c1-23-30(40)35-16-21-47-26-8-10-27(11-9-26)48-34(14-17-39(18-15-34)49(44,45)28-12-19-46-20-13-28)33(43)37-24(2)31(41)38-29(32(42)36-23)22-25-6-4-3-5-7-25/h3-11,23-24,28-29H,12-22H2,1-2H3,(H,35,40)(H,36,42)(H,37,43)(H,38,41)/t23-,24-,29-/m0/s1. The highest BCUT2D eigenvalue weighted by Crippen LogP contribution is 2.33. The minimum absolute atomic E-state index is 0.0461. The molecule has 14 nitrogen and oxygen atoms in total. The summed E-state index contributed by atoms with van der Waals surface area (Å²) in [4.78, 5) is 53.7. The molecule has 49 heavy (non-hydrogen) atoms. The molecule has 4 aliphatic rings. The lowest BCUT2D eigenvalue weighted by Gasteiger charge is -2.41. The highest BCUT2D eigenvalue weighted by atomic mass is 32.2. The van der Waals surface area contributed by atoms with Crippen molar-refractivity contribution in [1.82, 2.24) is 25.6 Å². The fourth-order valence-electron chi connectivity index (χ4n) is 6.12. The molecule has 2 saturated heterocycles. The third-order valence-corrected chi connectivity index (χ3v) is 11.5. The van der Waals surface area contributed by atoms with E-state index in [9.17, 15) is 27.6 Å². The van der Waals surface area contributed by atoms with E-state index < -0.39 is 62.6 Å². The lowest BCUT2D eigenvalue weighted by Crippen LogP contribution is -2.62. The van der Waals surface area contributed by atoms with Crippen molar-refractivity contribution in [3.05, 3.63) is 60.2 Å². The van der Waals surface area contributed by atoms with Crippen molar-refractivity contribution >= 4 is 33.7 Å². The maximum absolute atomic E-state index is 14.1. The lowest BCUT2D eigenvalue weighted by molar-refractivity contribution is -0.143. The number of carbonyl (C=O) groups is 4. The van der Waals surface area contributed by atoms with Crippen molar-refractivity contribution in [2.24, 2.45) is 0 Å². The van der Waals surface area contributed by atoms with Gasteiger partial charge in [-0.1, -0.05) is 30.3 Å². The third-order valence-electron chi connectivity index (χ3n) is 9.11. The van der Waals surface area contributed by atoms with Gasteiger partial charge in [-0.15, -0.1) is 0 Å². The van der Waals surface area contributed by atoms with Crippen molar-refractivity contribution in [3.8, 4) is 11.5 Å². The molecule has 0 aromatic heterocycles. The van der Waals surface area contributed by atoms with Crippen LogP contribution in [-0.4, -0.2) is 105 Å². The summed E-state index contributed by atoms with van der Waals surface area (Å²) >= 11 is 0. The molecule has 4 N–H and O–H groups in total. The third kappa shape index (κ3) is 9.08. The van der Waals surface area contributed by atoms with Crippen LogP contribution in [0.15, 0.2) is 54.6 Å². The predicted octanol–water partition coefficient (Wildman–Crippen LogP) is 0.654. The van der Waals surface area contributed by atoms with Crippen LogP contribution in [0.2, 0.25) is 0 Å². The monoisotopic (exact) mass is 699 g/mol. The van der Waals surface area contributed by atoms with Crippen molar-refractivity contribution in [1.29, 1.82) is 0 Å². The Bertz CT molecular complexity index is 1570. The van der Waals surface area contributed by atoms with E-state index in [4.69, 9.17) is 14.2 Å². The van der Waals surface area contributed by atoms with Crippen molar-refractivity contribution < 1.29 is 41.8 Å². The molecule has 0 unspecified atom stereocenters. The van der Waals surface area contributed by atoms with Gasteiger partial charge < -0.3 is 35.5 Å². The predicted molar refractivity (Wildman–Crippen MR) is 179 cm³/mol. The molecule has 2 bridgehead atoms. The van der Waals surface area contributed by atoms with E-state index in [1.54, 1.807) is 31.2 Å². The summed E-state index contributed by atoms with van der Waals surface area (Å²) in [6, 6.07) is 12.7. The van der Waals surface area contributed by atoms with E-state index in [1.165, 1.54) is 11.2 Å². The summed E-state index contributed by atoms with van der Waals surface area (Å²) in [5.74, 6) is -1.33. The molecule has 0 saturated carbocycles. The van der Waals surface area contributed by atoms with Crippen LogP contribution in [0, 0.1) is 0 Å². The number of hydrogen-bond donors (Lipinski definition) is 4. The molecule has 1 spiro atoms. The van der Waals surface area contributed by atoms with Gasteiger partial charge in [-0.3, -0.25) is 19.2 Å². The van der Waals surface area contributed by atoms with Gasteiger partial charge in [-0.2, -0.15) is 0 Å². The van der Waals surface area contributed by atoms with Gasteiger partial charge in [0.05, 0.1) is 11.8 Å². The zero-order chi connectivity index (χ0) is 35.0. The van der Waals surface area contributed by atoms with Crippen LogP contribution in [0.3, 0.4) is 0 Å². The first-order valence-electron chi connectivity index (χ1n) is 16.7. The quantitative estimate of drug-likeness (QED) is 0.334. The van der Waals surface area contributed by atoms with Crippen molar-refractivity contribution in [3.63, 3.8) is 0 Å². The summed E-state index contributed by atoms with van der Waals surface area (Å²) in [5, 5.41) is 10.4. The van der Waals surface area contributed by atoms with Crippen molar-refractivity contribution in [2.75, 3.05) is 39.5 Å². The SMILES string of the molecule is C[C@@H]1NC(=O)[C@H](Cc2ccccc2)NC(=O)[C@H](C)NC(=O)C2(CCN(S(=O)(=O)C3CCOCC3)CC2)Oc2ccc(cc2)OCCNC1=O. The molecular weight excluding hydrogens is 654 g/mol. The van der Waals surface area contributed by atoms with Crippen LogP contribution in [0.1, 0.15) is 45.1 Å². The summed E-state index contributed by atoms with van der Waals surface area (Å²) < 4.78 is 45.8. The van der Waals surface area contributed by atoms with Crippen LogP contribution < -0.4 is 30.7 Å². The number of benzene rings is 2. The Balaban J connectivity index is 1.38. The second-order valence-electron chi connectivity index (χ2n) is 12.6. The molecule has 4 aliphatic heterocycles. The Kier molecular flexibility index (Phi) is 11.8. The normalized spacial score (nSPS) is 25.2. The second kappa shape index (κ2) is 16.0. The van der Waals surface area contributed by atoms with Gasteiger partial charge in [0, 0.05) is 45.6 Å².